The number of aromatic nitrogens is 2. The summed E-state index contributed by atoms with van der Waals surface area (Å²) in [5.41, 5.74) is 0. The van der Waals surface area contributed by atoms with Crippen molar-refractivity contribution in [2.75, 3.05) is 26.9 Å². The lowest BCUT2D eigenvalue weighted by molar-refractivity contribution is 0.0966. The number of rotatable bonds is 8. The summed E-state index contributed by atoms with van der Waals surface area (Å²) in [5, 5.41) is 8.94. The van der Waals surface area contributed by atoms with Crippen molar-refractivity contribution in [1.82, 2.24) is 9.55 Å². The predicted molar refractivity (Wildman–Crippen MR) is 55.5 cm³/mol. The molecular weight excluding hydrogens is 196 g/mol. The normalized spacial score (nSPS) is 10.8. The van der Waals surface area contributed by atoms with Crippen LogP contribution in [0.3, 0.4) is 0 Å². The van der Waals surface area contributed by atoms with Crippen LogP contribution in [0.2, 0.25) is 0 Å². The van der Waals surface area contributed by atoms with Crippen molar-refractivity contribution >= 4 is 0 Å². The minimum absolute atomic E-state index is 0.0311. The van der Waals surface area contributed by atoms with Crippen LogP contribution in [0, 0.1) is 0 Å². The summed E-state index contributed by atoms with van der Waals surface area (Å²) in [5.74, 6) is 0.676. The second kappa shape index (κ2) is 7.39. The SMILES string of the molecule is COCCCOCCn1ccnc1CO. The average Bonchev–Trinajstić information content (AvgIpc) is 2.70. The van der Waals surface area contributed by atoms with E-state index in [2.05, 4.69) is 4.98 Å². The van der Waals surface area contributed by atoms with Crippen LogP contribution in [0.1, 0.15) is 12.2 Å². The Morgan fingerprint density at radius 2 is 2.27 bits per heavy atom. The molecule has 0 unspecified atom stereocenters. The van der Waals surface area contributed by atoms with Crippen LogP contribution in [-0.4, -0.2) is 41.6 Å². The van der Waals surface area contributed by atoms with Crippen LogP contribution in [0.15, 0.2) is 12.4 Å². The summed E-state index contributed by atoms with van der Waals surface area (Å²) in [6.07, 6.45) is 4.42. The van der Waals surface area contributed by atoms with Gasteiger partial charge in [-0.05, 0) is 6.42 Å². The summed E-state index contributed by atoms with van der Waals surface area (Å²) in [7, 11) is 1.68. The molecule has 0 spiro atoms. The number of hydrogen-bond donors (Lipinski definition) is 1. The summed E-state index contributed by atoms with van der Waals surface area (Å²) < 4.78 is 12.2. The largest absolute Gasteiger partial charge is 0.388 e. The van der Waals surface area contributed by atoms with Crippen molar-refractivity contribution in [3.05, 3.63) is 18.2 Å². The van der Waals surface area contributed by atoms with Crippen molar-refractivity contribution in [1.29, 1.82) is 0 Å². The molecule has 0 aliphatic rings. The van der Waals surface area contributed by atoms with Gasteiger partial charge in [-0.15, -0.1) is 0 Å². The molecule has 0 bridgehead atoms. The van der Waals surface area contributed by atoms with Crippen LogP contribution in [-0.2, 0) is 22.6 Å². The van der Waals surface area contributed by atoms with Gasteiger partial charge in [-0.2, -0.15) is 0 Å². The molecule has 0 fully saturated rings. The zero-order valence-corrected chi connectivity index (χ0v) is 9.06. The Labute approximate surface area is 89.6 Å². The van der Waals surface area contributed by atoms with Gasteiger partial charge in [-0.25, -0.2) is 4.98 Å². The van der Waals surface area contributed by atoms with E-state index in [1.807, 2.05) is 10.8 Å². The van der Waals surface area contributed by atoms with Crippen LogP contribution < -0.4 is 0 Å². The molecule has 0 saturated heterocycles. The van der Waals surface area contributed by atoms with Crippen molar-refractivity contribution in [2.24, 2.45) is 0 Å². The number of aliphatic hydroxyl groups excluding tert-OH is 1. The van der Waals surface area contributed by atoms with Crippen molar-refractivity contribution in [2.45, 2.75) is 19.6 Å². The Kier molecular flexibility index (Phi) is 5.99. The Hall–Kier alpha value is -0.910. The maximum atomic E-state index is 8.94. The van der Waals surface area contributed by atoms with Crippen LogP contribution >= 0.6 is 0 Å². The molecule has 0 radical (unpaired) electrons. The van der Waals surface area contributed by atoms with Gasteiger partial charge < -0.3 is 19.1 Å². The molecule has 15 heavy (non-hydrogen) atoms. The summed E-state index contributed by atoms with van der Waals surface area (Å²) in [4.78, 5) is 4.00. The van der Waals surface area contributed by atoms with Crippen LogP contribution in [0.4, 0.5) is 0 Å². The standard InChI is InChI=1S/C10H18N2O3/c1-14-6-2-7-15-8-5-12-4-3-11-10(12)9-13/h3-4,13H,2,5-9H2,1H3. The van der Waals surface area contributed by atoms with Crippen molar-refractivity contribution < 1.29 is 14.6 Å². The van der Waals surface area contributed by atoms with E-state index in [1.165, 1.54) is 0 Å². The van der Waals surface area contributed by atoms with E-state index >= 15 is 0 Å². The molecule has 0 atom stereocenters. The van der Waals surface area contributed by atoms with Crippen LogP contribution in [0.25, 0.3) is 0 Å². The van der Waals surface area contributed by atoms with E-state index in [0.717, 1.165) is 19.6 Å². The maximum Gasteiger partial charge on any atom is 0.134 e. The zero-order valence-electron chi connectivity index (χ0n) is 9.06. The molecule has 1 aromatic heterocycles. The molecule has 1 aromatic rings. The molecule has 0 saturated carbocycles. The number of aliphatic hydroxyl groups is 1. The fourth-order valence-electron chi connectivity index (χ4n) is 1.27. The molecule has 86 valence electrons. The number of hydrogen-bond acceptors (Lipinski definition) is 4. The lowest BCUT2D eigenvalue weighted by Gasteiger charge is -2.06. The van der Waals surface area contributed by atoms with Gasteiger partial charge in [0.1, 0.15) is 12.4 Å². The predicted octanol–water partition coefficient (Wildman–Crippen LogP) is 0.428. The topological polar surface area (TPSA) is 56.5 Å². The number of imidazole rings is 1. The Morgan fingerprint density at radius 3 is 3.00 bits per heavy atom. The van der Waals surface area contributed by atoms with Gasteiger partial charge in [-0.3, -0.25) is 0 Å². The molecule has 5 heteroatoms. The van der Waals surface area contributed by atoms with E-state index in [0.29, 0.717) is 19.0 Å². The first-order valence-corrected chi connectivity index (χ1v) is 5.06. The highest BCUT2D eigenvalue weighted by molar-refractivity contribution is 4.89. The van der Waals surface area contributed by atoms with E-state index in [-0.39, 0.29) is 6.61 Å². The second-order valence-electron chi connectivity index (χ2n) is 3.15. The summed E-state index contributed by atoms with van der Waals surface area (Å²) in [6, 6.07) is 0. The summed E-state index contributed by atoms with van der Waals surface area (Å²) >= 11 is 0. The van der Waals surface area contributed by atoms with Gasteiger partial charge in [0.15, 0.2) is 0 Å². The molecule has 0 aliphatic carbocycles. The number of nitrogens with zero attached hydrogens (tertiary/aromatic N) is 2. The van der Waals surface area contributed by atoms with E-state index < -0.39 is 0 Å². The number of ether oxygens (including phenoxy) is 2. The van der Waals surface area contributed by atoms with Crippen molar-refractivity contribution in [3.63, 3.8) is 0 Å². The van der Waals surface area contributed by atoms with Gasteiger partial charge in [0, 0.05) is 39.3 Å². The van der Waals surface area contributed by atoms with Gasteiger partial charge in [0.25, 0.3) is 0 Å². The maximum absolute atomic E-state index is 8.94. The molecule has 1 rings (SSSR count). The highest BCUT2D eigenvalue weighted by Gasteiger charge is 1.99. The van der Waals surface area contributed by atoms with Gasteiger partial charge in [-0.1, -0.05) is 0 Å². The quantitative estimate of drug-likeness (QED) is 0.637. The fraction of sp³-hybridized carbons (Fsp3) is 0.700. The minimum atomic E-state index is -0.0311. The van der Waals surface area contributed by atoms with E-state index in [9.17, 15) is 0 Å². The Bertz CT molecular complexity index is 263. The molecule has 0 aliphatic heterocycles. The number of methoxy groups -OCH3 is 1. The highest BCUT2D eigenvalue weighted by atomic mass is 16.5. The third-order valence-electron chi connectivity index (χ3n) is 2.06. The zero-order chi connectivity index (χ0) is 10.9. The highest BCUT2D eigenvalue weighted by Crippen LogP contribution is 1.97. The molecule has 1 heterocycles. The monoisotopic (exact) mass is 214 g/mol. The van der Waals surface area contributed by atoms with Gasteiger partial charge in [0.2, 0.25) is 0 Å². The van der Waals surface area contributed by atoms with Gasteiger partial charge >= 0.3 is 0 Å². The van der Waals surface area contributed by atoms with E-state index in [4.69, 9.17) is 14.6 Å². The Morgan fingerprint density at radius 1 is 1.40 bits per heavy atom. The third kappa shape index (κ3) is 4.42. The molecule has 0 amide bonds. The van der Waals surface area contributed by atoms with Crippen molar-refractivity contribution in [3.8, 4) is 0 Å². The smallest absolute Gasteiger partial charge is 0.134 e. The molecule has 0 aromatic carbocycles. The van der Waals surface area contributed by atoms with Gasteiger partial charge in [0.05, 0.1) is 6.61 Å². The molecular formula is C10H18N2O3. The lowest BCUT2D eigenvalue weighted by atomic mass is 10.5. The second-order valence-corrected chi connectivity index (χ2v) is 3.15. The Balaban J connectivity index is 2.09. The summed E-state index contributed by atoms with van der Waals surface area (Å²) in [6.45, 7) is 2.76. The van der Waals surface area contributed by atoms with E-state index in [1.54, 1.807) is 13.3 Å². The average molecular weight is 214 g/mol. The third-order valence-corrected chi connectivity index (χ3v) is 2.06. The molecule has 5 nitrogen and oxygen atoms in total. The first kappa shape index (κ1) is 12.2. The fourth-order valence-corrected chi connectivity index (χ4v) is 1.27. The first-order valence-electron chi connectivity index (χ1n) is 5.06. The first-order chi connectivity index (χ1) is 7.38. The minimum Gasteiger partial charge on any atom is -0.388 e. The molecule has 1 N–H and O–H groups in total. The lowest BCUT2D eigenvalue weighted by Crippen LogP contribution is -2.10. The van der Waals surface area contributed by atoms with Crippen LogP contribution in [0.5, 0.6) is 0 Å².